The van der Waals surface area contributed by atoms with Crippen molar-refractivity contribution in [2.24, 2.45) is 0 Å². The molecule has 0 aliphatic heterocycles. The molecule has 1 rings (SSSR count). The Balaban J connectivity index is 2.53. The lowest BCUT2D eigenvalue weighted by Gasteiger charge is -2.07. The summed E-state index contributed by atoms with van der Waals surface area (Å²) in [6, 6.07) is 3.34. The fourth-order valence-electron chi connectivity index (χ4n) is 1.22. The molecule has 0 spiro atoms. The Labute approximate surface area is 96.4 Å². The van der Waals surface area contributed by atoms with Crippen molar-refractivity contribution in [2.45, 2.75) is 6.42 Å². The van der Waals surface area contributed by atoms with Crippen LogP contribution in [0.4, 0.5) is 5.69 Å². The molecule has 0 aliphatic rings. The SMILES string of the molecule is CS(=O)CCCNc1cccnc1C(=O)O. The van der Waals surface area contributed by atoms with Gasteiger partial charge in [0.15, 0.2) is 5.69 Å². The Hall–Kier alpha value is -1.43. The minimum absolute atomic E-state index is 0.0140. The summed E-state index contributed by atoms with van der Waals surface area (Å²) in [6.07, 6.45) is 3.82. The van der Waals surface area contributed by atoms with E-state index in [4.69, 9.17) is 5.11 Å². The highest BCUT2D eigenvalue weighted by Crippen LogP contribution is 2.11. The van der Waals surface area contributed by atoms with Crippen molar-refractivity contribution in [2.75, 3.05) is 23.9 Å². The summed E-state index contributed by atoms with van der Waals surface area (Å²) < 4.78 is 10.8. The largest absolute Gasteiger partial charge is 0.476 e. The van der Waals surface area contributed by atoms with Gasteiger partial charge in [-0.1, -0.05) is 0 Å². The molecule has 0 aromatic carbocycles. The quantitative estimate of drug-likeness (QED) is 0.726. The number of hydrogen-bond donors (Lipinski definition) is 2. The molecular weight excluding hydrogens is 228 g/mol. The van der Waals surface area contributed by atoms with Crippen LogP contribution in [-0.2, 0) is 10.8 Å². The maximum Gasteiger partial charge on any atom is 0.356 e. The van der Waals surface area contributed by atoms with Crippen LogP contribution < -0.4 is 5.32 Å². The van der Waals surface area contributed by atoms with E-state index in [0.29, 0.717) is 18.0 Å². The van der Waals surface area contributed by atoms with E-state index in [2.05, 4.69) is 10.3 Å². The summed E-state index contributed by atoms with van der Waals surface area (Å²) in [5, 5.41) is 11.8. The second kappa shape index (κ2) is 6.22. The van der Waals surface area contributed by atoms with Crippen molar-refractivity contribution in [1.29, 1.82) is 0 Å². The van der Waals surface area contributed by atoms with E-state index in [1.165, 1.54) is 6.20 Å². The number of carboxylic acids is 1. The minimum Gasteiger partial charge on any atom is -0.476 e. The van der Waals surface area contributed by atoms with Crippen molar-refractivity contribution in [3.63, 3.8) is 0 Å². The molecule has 1 aromatic rings. The molecule has 1 heterocycles. The Morgan fingerprint density at radius 3 is 3.00 bits per heavy atom. The van der Waals surface area contributed by atoms with Crippen LogP contribution in [0.15, 0.2) is 18.3 Å². The highest BCUT2D eigenvalue weighted by Gasteiger charge is 2.09. The van der Waals surface area contributed by atoms with E-state index in [1.807, 2.05) is 0 Å². The number of anilines is 1. The van der Waals surface area contributed by atoms with Gasteiger partial charge in [0.25, 0.3) is 0 Å². The van der Waals surface area contributed by atoms with Gasteiger partial charge >= 0.3 is 5.97 Å². The molecule has 5 nitrogen and oxygen atoms in total. The smallest absolute Gasteiger partial charge is 0.356 e. The number of pyridine rings is 1. The van der Waals surface area contributed by atoms with E-state index in [1.54, 1.807) is 18.4 Å². The van der Waals surface area contributed by atoms with Gasteiger partial charge in [0.05, 0.1) is 5.69 Å². The summed E-state index contributed by atoms with van der Waals surface area (Å²) in [4.78, 5) is 14.6. The Morgan fingerprint density at radius 1 is 1.62 bits per heavy atom. The second-order valence-corrected chi connectivity index (χ2v) is 4.82. The van der Waals surface area contributed by atoms with Gasteiger partial charge in [0, 0.05) is 35.5 Å². The first-order chi connectivity index (χ1) is 7.61. The molecule has 2 N–H and O–H groups in total. The van der Waals surface area contributed by atoms with Crippen LogP contribution in [0.1, 0.15) is 16.9 Å². The number of hydrogen-bond acceptors (Lipinski definition) is 4. The summed E-state index contributed by atoms with van der Waals surface area (Å²) in [6.45, 7) is 0.589. The van der Waals surface area contributed by atoms with Crippen molar-refractivity contribution < 1.29 is 14.1 Å². The van der Waals surface area contributed by atoms with Crippen LogP contribution >= 0.6 is 0 Å². The van der Waals surface area contributed by atoms with Crippen LogP contribution in [0.25, 0.3) is 0 Å². The molecule has 0 aliphatic carbocycles. The molecule has 1 unspecified atom stereocenters. The van der Waals surface area contributed by atoms with Crippen LogP contribution in [0.3, 0.4) is 0 Å². The zero-order valence-corrected chi connectivity index (χ0v) is 9.79. The lowest BCUT2D eigenvalue weighted by molar-refractivity contribution is 0.0691. The van der Waals surface area contributed by atoms with Gasteiger partial charge < -0.3 is 10.4 Å². The molecule has 16 heavy (non-hydrogen) atoms. The Bertz CT molecular complexity index is 395. The fraction of sp³-hybridized carbons (Fsp3) is 0.400. The average molecular weight is 242 g/mol. The van der Waals surface area contributed by atoms with Crippen LogP contribution in [-0.4, -0.2) is 38.8 Å². The molecule has 0 bridgehead atoms. The molecule has 1 atom stereocenters. The number of rotatable bonds is 6. The van der Waals surface area contributed by atoms with Crippen molar-refractivity contribution in [3.8, 4) is 0 Å². The monoisotopic (exact) mass is 242 g/mol. The van der Waals surface area contributed by atoms with Gasteiger partial charge in [-0.2, -0.15) is 0 Å². The summed E-state index contributed by atoms with van der Waals surface area (Å²) in [7, 11) is -0.810. The summed E-state index contributed by atoms with van der Waals surface area (Å²) >= 11 is 0. The number of nitrogens with zero attached hydrogens (tertiary/aromatic N) is 1. The third kappa shape index (κ3) is 3.98. The van der Waals surface area contributed by atoms with Crippen LogP contribution in [0, 0.1) is 0 Å². The van der Waals surface area contributed by atoms with Gasteiger partial charge in [-0.15, -0.1) is 0 Å². The van der Waals surface area contributed by atoms with Gasteiger partial charge in [0.1, 0.15) is 0 Å². The first-order valence-electron chi connectivity index (χ1n) is 4.83. The zero-order valence-electron chi connectivity index (χ0n) is 8.97. The highest BCUT2D eigenvalue weighted by molar-refractivity contribution is 7.84. The second-order valence-electron chi connectivity index (χ2n) is 3.26. The van der Waals surface area contributed by atoms with Crippen LogP contribution in [0.5, 0.6) is 0 Å². The Morgan fingerprint density at radius 2 is 2.38 bits per heavy atom. The van der Waals surface area contributed by atoms with Crippen molar-refractivity contribution >= 4 is 22.5 Å². The molecule has 6 heteroatoms. The van der Waals surface area contributed by atoms with E-state index >= 15 is 0 Å². The third-order valence-electron chi connectivity index (χ3n) is 1.93. The molecule has 88 valence electrons. The average Bonchev–Trinajstić information content (AvgIpc) is 2.24. The predicted molar refractivity (Wildman–Crippen MR) is 63.2 cm³/mol. The molecular formula is C10H14N2O3S. The van der Waals surface area contributed by atoms with Gasteiger partial charge in [0.2, 0.25) is 0 Å². The molecule has 0 fully saturated rings. The van der Waals surface area contributed by atoms with Crippen molar-refractivity contribution in [1.82, 2.24) is 4.98 Å². The van der Waals surface area contributed by atoms with Gasteiger partial charge in [-0.05, 0) is 18.6 Å². The van der Waals surface area contributed by atoms with Gasteiger partial charge in [-0.3, -0.25) is 4.21 Å². The first kappa shape index (κ1) is 12.6. The van der Waals surface area contributed by atoms with E-state index in [0.717, 1.165) is 6.42 Å². The van der Waals surface area contributed by atoms with E-state index in [9.17, 15) is 9.00 Å². The maximum atomic E-state index is 10.8. The number of carbonyl (C=O) groups is 1. The number of aromatic carboxylic acids is 1. The summed E-state index contributed by atoms with van der Waals surface area (Å²) in [5.74, 6) is -0.447. The normalized spacial score (nSPS) is 12.1. The van der Waals surface area contributed by atoms with Gasteiger partial charge in [-0.25, -0.2) is 9.78 Å². The topological polar surface area (TPSA) is 79.3 Å². The predicted octanol–water partition coefficient (Wildman–Crippen LogP) is 0.960. The summed E-state index contributed by atoms with van der Waals surface area (Å²) in [5.41, 5.74) is 0.511. The fourth-order valence-corrected chi connectivity index (χ4v) is 1.77. The maximum absolute atomic E-state index is 10.8. The third-order valence-corrected chi connectivity index (χ3v) is 2.80. The first-order valence-corrected chi connectivity index (χ1v) is 6.56. The molecule has 1 aromatic heterocycles. The standard InChI is InChI=1S/C10H14N2O3S/c1-16(15)7-3-6-11-8-4-2-5-12-9(8)10(13)14/h2,4-5,11H,3,6-7H2,1H3,(H,13,14). The minimum atomic E-state index is -1.05. The molecule has 0 radical (unpaired) electrons. The zero-order chi connectivity index (χ0) is 12.0. The lowest BCUT2D eigenvalue weighted by atomic mass is 10.3. The van der Waals surface area contributed by atoms with E-state index < -0.39 is 16.8 Å². The Kier molecular flexibility index (Phi) is 4.91. The number of nitrogens with one attached hydrogen (secondary N) is 1. The van der Waals surface area contributed by atoms with E-state index in [-0.39, 0.29) is 5.69 Å². The lowest BCUT2D eigenvalue weighted by Crippen LogP contribution is -2.11. The van der Waals surface area contributed by atoms with Crippen LogP contribution in [0.2, 0.25) is 0 Å². The number of carboxylic acid groups (broad SMARTS) is 1. The van der Waals surface area contributed by atoms with Crippen molar-refractivity contribution in [3.05, 3.63) is 24.0 Å². The highest BCUT2D eigenvalue weighted by atomic mass is 32.2. The number of aromatic nitrogens is 1. The molecule has 0 amide bonds. The molecule has 0 saturated heterocycles. The molecule has 0 saturated carbocycles.